The summed E-state index contributed by atoms with van der Waals surface area (Å²) in [7, 11) is 1.53. The van der Waals surface area contributed by atoms with Gasteiger partial charge in [-0.3, -0.25) is 9.59 Å². The number of likely N-dealkylation sites (N-methyl/N-ethyl adjacent to an activating group) is 1. The Kier molecular flexibility index (Phi) is 5.59. The molecule has 2 amide bonds. The molecule has 0 bridgehead atoms. The van der Waals surface area contributed by atoms with Crippen LogP contribution in [0, 0.1) is 11.3 Å². The van der Waals surface area contributed by atoms with Gasteiger partial charge >= 0.3 is 11.8 Å². The summed E-state index contributed by atoms with van der Waals surface area (Å²) < 4.78 is 2.12. The Morgan fingerprint density at radius 1 is 1.38 bits per heavy atom. The Morgan fingerprint density at radius 3 is 2.79 bits per heavy atom. The van der Waals surface area contributed by atoms with E-state index in [1.807, 2.05) is 30.5 Å². The molecule has 2 aromatic rings. The third kappa shape index (κ3) is 3.74. The van der Waals surface area contributed by atoms with Crippen molar-refractivity contribution in [1.29, 1.82) is 5.26 Å². The number of carbonyl (C=O) groups excluding carboxylic acids is 2. The molecule has 0 unspecified atom stereocenters. The largest absolute Gasteiger partial charge is 0.347 e. The predicted molar refractivity (Wildman–Crippen MR) is 93.3 cm³/mol. The van der Waals surface area contributed by atoms with Crippen LogP contribution in [0.5, 0.6) is 0 Å². The average Bonchev–Trinajstić information content (AvgIpc) is 2.96. The number of aromatic nitrogens is 1. The van der Waals surface area contributed by atoms with Crippen molar-refractivity contribution in [2.24, 2.45) is 0 Å². The number of carbonyl (C=O) groups is 2. The number of benzene rings is 1. The third-order valence-electron chi connectivity index (χ3n) is 4.06. The zero-order valence-electron chi connectivity index (χ0n) is 14.2. The molecule has 0 fully saturated rings. The minimum absolute atomic E-state index is 0.187. The Hall–Kier alpha value is -2.81. The van der Waals surface area contributed by atoms with Crippen molar-refractivity contribution in [2.75, 3.05) is 12.4 Å². The van der Waals surface area contributed by atoms with Crippen LogP contribution in [-0.4, -0.2) is 34.4 Å². The highest BCUT2D eigenvalue weighted by Gasteiger charge is 2.22. The van der Waals surface area contributed by atoms with E-state index >= 15 is 0 Å². The van der Waals surface area contributed by atoms with Gasteiger partial charge in [0.2, 0.25) is 0 Å². The SMILES string of the molecule is CCCn1ccc2ccc(NC(=O)C(=O)N(C)[C@@H](C)CC#N)cc21. The zero-order chi connectivity index (χ0) is 17.7. The van der Waals surface area contributed by atoms with Gasteiger partial charge in [0.05, 0.1) is 18.0 Å². The number of aryl methyl sites for hydroxylation is 1. The van der Waals surface area contributed by atoms with Crippen LogP contribution in [0.15, 0.2) is 30.5 Å². The molecule has 0 aliphatic heterocycles. The van der Waals surface area contributed by atoms with Crippen LogP contribution in [0.1, 0.15) is 26.7 Å². The molecule has 6 nitrogen and oxygen atoms in total. The van der Waals surface area contributed by atoms with Crippen LogP contribution < -0.4 is 5.32 Å². The van der Waals surface area contributed by atoms with E-state index in [0.717, 1.165) is 23.9 Å². The normalized spacial score (nSPS) is 11.8. The highest BCUT2D eigenvalue weighted by molar-refractivity contribution is 6.39. The van der Waals surface area contributed by atoms with Crippen molar-refractivity contribution in [3.05, 3.63) is 30.5 Å². The van der Waals surface area contributed by atoms with Crippen molar-refractivity contribution in [3.63, 3.8) is 0 Å². The van der Waals surface area contributed by atoms with Gasteiger partial charge in [0.1, 0.15) is 0 Å². The van der Waals surface area contributed by atoms with E-state index in [-0.39, 0.29) is 12.5 Å². The Balaban J connectivity index is 2.14. The second-order valence-corrected chi connectivity index (χ2v) is 5.86. The topological polar surface area (TPSA) is 78.1 Å². The molecule has 1 atom stereocenters. The molecule has 0 spiro atoms. The highest BCUT2D eigenvalue weighted by Crippen LogP contribution is 2.21. The predicted octanol–water partition coefficient (Wildman–Crippen LogP) is 2.75. The molecule has 2 rings (SSSR count). The summed E-state index contributed by atoms with van der Waals surface area (Å²) in [6.45, 7) is 4.74. The number of nitrogens with one attached hydrogen (secondary N) is 1. The van der Waals surface area contributed by atoms with Crippen LogP contribution in [-0.2, 0) is 16.1 Å². The number of hydrogen-bond donors (Lipinski definition) is 1. The number of nitrogens with zero attached hydrogens (tertiary/aromatic N) is 3. The number of anilines is 1. The van der Waals surface area contributed by atoms with Crippen LogP contribution in [0.4, 0.5) is 5.69 Å². The first-order valence-corrected chi connectivity index (χ1v) is 8.02. The van der Waals surface area contributed by atoms with Crippen LogP contribution in [0.25, 0.3) is 10.9 Å². The van der Waals surface area contributed by atoms with Crippen LogP contribution in [0.3, 0.4) is 0 Å². The van der Waals surface area contributed by atoms with Gasteiger partial charge in [-0.25, -0.2) is 0 Å². The first-order valence-electron chi connectivity index (χ1n) is 8.02. The fourth-order valence-corrected chi connectivity index (χ4v) is 2.51. The van der Waals surface area contributed by atoms with Gasteiger partial charge in [0.25, 0.3) is 0 Å². The lowest BCUT2D eigenvalue weighted by Crippen LogP contribution is -2.42. The van der Waals surface area contributed by atoms with Gasteiger partial charge in [-0.05, 0) is 36.9 Å². The van der Waals surface area contributed by atoms with Crippen molar-refractivity contribution in [2.45, 2.75) is 39.3 Å². The molecule has 6 heteroatoms. The fourth-order valence-electron chi connectivity index (χ4n) is 2.51. The van der Waals surface area contributed by atoms with Crippen LogP contribution >= 0.6 is 0 Å². The number of rotatable bonds is 5. The van der Waals surface area contributed by atoms with Crippen molar-refractivity contribution in [1.82, 2.24) is 9.47 Å². The van der Waals surface area contributed by atoms with Crippen molar-refractivity contribution in [3.8, 4) is 6.07 Å². The third-order valence-corrected chi connectivity index (χ3v) is 4.06. The lowest BCUT2D eigenvalue weighted by Gasteiger charge is -2.22. The Bertz CT molecular complexity index is 788. The maximum atomic E-state index is 12.2. The molecule has 1 aromatic carbocycles. The summed E-state index contributed by atoms with van der Waals surface area (Å²) in [5.41, 5.74) is 1.60. The van der Waals surface area contributed by atoms with Gasteiger partial charge < -0.3 is 14.8 Å². The lowest BCUT2D eigenvalue weighted by atomic mass is 10.2. The van der Waals surface area contributed by atoms with Gasteiger partial charge in [0, 0.05) is 31.5 Å². The Labute approximate surface area is 141 Å². The summed E-state index contributed by atoms with van der Waals surface area (Å²) in [6, 6.07) is 9.29. The molecule has 1 aromatic heterocycles. The summed E-state index contributed by atoms with van der Waals surface area (Å²) >= 11 is 0. The number of nitriles is 1. The molecular weight excluding hydrogens is 304 g/mol. The maximum absolute atomic E-state index is 12.2. The van der Waals surface area contributed by atoms with Gasteiger partial charge in [-0.2, -0.15) is 5.26 Å². The van der Waals surface area contributed by atoms with E-state index < -0.39 is 11.8 Å². The molecule has 0 saturated carbocycles. The maximum Gasteiger partial charge on any atom is 0.313 e. The summed E-state index contributed by atoms with van der Waals surface area (Å²) in [5.74, 6) is -1.35. The molecule has 24 heavy (non-hydrogen) atoms. The zero-order valence-corrected chi connectivity index (χ0v) is 14.2. The second-order valence-electron chi connectivity index (χ2n) is 5.86. The van der Waals surface area contributed by atoms with E-state index in [2.05, 4.69) is 16.8 Å². The molecule has 0 saturated heterocycles. The smallest absolute Gasteiger partial charge is 0.313 e. The van der Waals surface area contributed by atoms with Gasteiger partial charge in [0.15, 0.2) is 0 Å². The summed E-state index contributed by atoms with van der Waals surface area (Å²) in [4.78, 5) is 25.6. The number of fused-ring (bicyclic) bond motifs is 1. The number of hydrogen-bond acceptors (Lipinski definition) is 3. The highest BCUT2D eigenvalue weighted by atomic mass is 16.2. The minimum atomic E-state index is -0.699. The van der Waals surface area contributed by atoms with E-state index in [4.69, 9.17) is 5.26 Å². The van der Waals surface area contributed by atoms with E-state index in [1.165, 1.54) is 11.9 Å². The van der Waals surface area contributed by atoms with Crippen LogP contribution in [0.2, 0.25) is 0 Å². The standard InChI is InChI=1S/C18H22N4O2/c1-4-10-22-11-8-14-5-6-15(12-16(14)22)20-17(23)18(24)21(3)13(2)7-9-19/h5-6,8,11-13H,4,7,10H2,1-3H3,(H,20,23)/t13-/m0/s1. The molecule has 0 aliphatic carbocycles. The minimum Gasteiger partial charge on any atom is -0.347 e. The van der Waals surface area contributed by atoms with E-state index in [9.17, 15) is 9.59 Å². The summed E-state index contributed by atoms with van der Waals surface area (Å²) in [6.07, 6.45) is 3.22. The van der Waals surface area contributed by atoms with Gasteiger partial charge in [-0.15, -0.1) is 0 Å². The first kappa shape index (κ1) is 17.5. The Morgan fingerprint density at radius 2 is 2.12 bits per heavy atom. The molecule has 1 heterocycles. The molecular formula is C18H22N4O2. The molecule has 0 radical (unpaired) electrons. The van der Waals surface area contributed by atoms with Crippen molar-refractivity contribution >= 4 is 28.4 Å². The fraction of sp³-hybridized carbons (Fsp3) is 0.389. The monoisotopic (exact) mass is 326 g/mol. The quantitative estimate of drug-likeness (QED) is 0.858. The molecule has 0 aliphatic rings. The first-order chi connectivity index (χ1) is 11.5. The second kappa shape index (κ2) is 7.64. The van der Waals surface area contributed by atoms with E-state index in [0.29, 0.717) is 5.69 Å². The number of amides is 2. The van der Waals surface area contributed by atoms with E-state index in [1.54, 1.807) is 13.0 Å². The van der Waals surface area contributed by atoms with Gasteiger partial charge in [-0.1, -0.05) is 13.0 Å². The summed E-state index contributed by atoms with van der Waals surface area (Å²) in [5, 5.41) is 12.4. The molecule has 126 valence electrons. The average molecular weight is 326 g/mol. The lowest BCUT2D eigenvalue weighted by molar-refractivity contribution is -0.143. The molecule has 1 N–H and O–H groups in total. The van der Waals surface area contributed by atoms with Crippen molar-refractivity contribution < 1.29 is 9.59 Å².